The van der Waals surface area contributed by atoms with Crippen molar-refractivity contribution in [1.82, 2.24) is 4.98 Å². The average Bonchev–Trinajstić information content (AvgIpc) is 2.58. The third kappa shape index (κ3) is 2.19. The number of nitrogens with zero attached hydrogens (tertiary/aromatic N) is 1. The topological polar surface area (TPSA) is 38.9 Å². The maximum absolute atomic E-state index is 5.50. The normalized spacial score (nSPS) is 11.1. The second-order valence-electron chi connectivity index (χ2n) is 3.90. The van der Waals surface area contributed by atoms with Gasteiger partial charge in [0.1, 0.15) is 0 Å². The van der Waals surface area contributed by atoms with Crippen molar-refractivity contribution in [2.75, 3.05) is 6.54 Å². The summed E-state index contributed by atoms with van der Waals surface area (Å²) in [4.78, 5) is 4.62. The summed E-state index contributed by atoms with van der Waals surface area (Å²) in [5, 5.41) is 1.21. The zero-order chi connectivity index (χ0) is 10.8. The van der Waals surface area contributed by atoms with E-state index in [1.165, 1.54) is 20.8 Å². The monoisotopic (exact) mass is 220 g/mol. The highest BCUT2D eigenvalue weighted by Crippen LogP contribution is 2.25. The number of hydrogen-bond acceptors (Lipinski definition) is 3. The fraction of sp³-hybridized carbons (Fsp3) is 0.417. The number of hydrogen-bond donors (Lipinski definition) is 1. The van der Waals surface area contributed by atoms with E-state index in [2.05, 4.69) is 31.0 Å². The Morgan fingerprint density at radius 2 is 2.00 bits per heavy atom. The number of rotatable bonds is 3. The van der Waals surface area contributed by atoms with Gasteiger partial charge >= 0.3 is 0 Å². The van der Waals surface area contributed by atoms with Crippen molar-refractivity contribution in [3.63, 3.8) is 0 Å². The molecule has 2 rings (SSSR count). The minimum absolute atomic E-state index is 0.744. The Bertz CT molecular complexity index is 435. The minimum atomic E-state index is 0.744. The molecular formula is C12H16N2S. The molecule has 3 heteroatoms. The van der Waals surface area contributed by atoms with Crippen molar-refractivity contribution in [2.45, 2.75) is 26.7 Å². The van der Waals surface area contributed by atoms with E-state index in [0.717, 1.165) is 24.9 Å². The summed E-state index contributed by atoms with van der Waals surface area (Å²) in [5.41, 5.74) is 9.29. The second kappa shape index (κ2) is 4.29. The number of aromatic nitrogens is 1. The van der Waals surface area contributed by atoms with Crippen molar-refractivity contribution in [2.24, 2.45) is 5.73 Å². The van der Waals surface area contributed by atoms with Crippen molar-refractivity contribution < 1.29 is 0 Å². The molecule has 15 heavy (non-hydrogen) atoms. The van der Waals surface area contributed by atoms with Gasteiger partial charge in [0.2, 0.25) is 0 Å². The van der Waals surface area contributed by atoms with Crippen LogP contribution >= 0.6 is 11.3 Å². The first-order valence-corrected chi connectivity index (χ1v) is 6.09. The van der Waals surface area contributed by atoms with Gasteiger partial charge in [0.25, 0.3) is 0 Å². The average molecular weight is 220 g/mol. The van der Waals surface area contributed by atoms with E-state index in [9.17, 15) is 0 Å². The lowest BCUT2D eigenvalue weighted by atomic mass is 10.1. The Morgan fingerprint density at radius 1 is 1.27 bits per heavy atom. The van der Waals surface area contributed by atoms with E-state index < -0.39 is 0 Å². The molecule has 0 unspecified atom stereocenters. The second-order valence-corrected chi connectivity index (χ2v) is 5.02. The minimum Gasteiger partial charge on any atom is -0.330 e. The van der Waals surface area contributed by atoms with Crippen LogP contribution in [0.4, 0.5) is 0 Å². The molecular weight excluding hydrogens is 204 g/mol. The van der Waals surface area contributed by atoms with Crippen LogP contribution in [0.3, 0.4) is 0 Å². The molecule has 2 nitrogen and oxygen atoms in total. The third-order valence-corrected chi connectivity index (χ3v) is 3.72. The number of aryl methyl sites for hydroxylation is 3. The summed E-state index contributed by atoms with van der Waals surface area (Å²) in [6, 6.07) is 4.40. The Balaban J connectivity index is 2.38. The van der Waals surface area contributed by atoms with Gasteiger partial charge in [0.05, 0.1) is 15.2 Å². The molecule has 80 valence electrons. The Hall–Kier alpha value is -0.930. The van der Waals surface area contributed by atoms with Crippen molar-refractivity contribution in [3.8, 4) is 0 Å². The number of benzene rings is 1. The maximum Gasteiger partial charge on any atom is 0.0939 e. The van der Waals surface area contributed by atoms with E-state index in [1.807, 2.05) is 0 Å². The summed E-state index contributed by atoms with van der Waals surface area (Å²) in [6.45, 7) is 5.02. The van der Waals surface area contributed by atoms with Crippen LogP contribution in [-0.4, -0.2) is 11.5 Å². The van der Waals surface area contributed by atoms with Crippen molar-refractivity contribution >= 4 is 21.6 Å². The highest BCUT2D eigenvalue weighted by Gasteiger charge is 2.05. The molecule has 0 aliphatic rings. The Labute approximate surface area is 94.1 Å². The van der Waals surface area contributed by atoms with Gasteiger partial charge in [0, 0.05) is 6.42 Å². The van der Waals surface area contributed by atoms with E-state index in [1.54, 1.807) is 11.3 Å². The lowest BCUT2D eigenvalue weighted by molar-refractivity contribution is 0.828. The summed E-state index contributed by atoms with van der Waals surface area (Å²) in [6.07, 6.45) is 2.03. The summed E-state index contributed by atoms with van der Waals surface area (Å²) in [5.74, 6) is 0. The predicted octanol–water partition coefficient (Wildman–Crippen LogP) is 2.80. The Morgan fingerprint density at radius 3 is 2.73 bits per heavy atom. The fourth-order valence-electron chi connectivity index (χ4n) is 1.59. The molecule has 0 saturated carbocycles. The van der Waals surface area contributed by atoms with Gasteiger partial charge in [-0.1, -0.05) is 0 Å². The van der Waals surface area contributed by atoms with Gasteiger partial charge in [-0.15, -0.1) is 11.3 Å². The van der Waals surface area contributed by atoms with Crippen LogP contribution in [0.1, 0.15) is 22.6 Å². The van der Waals surface area contributed by atoms with E-state index >= 15 is 0 Å². The lowest BCUT2D eigenvalue weighted by Gasteiger charge is -1.97. The van der Waals surface area contributed by atoms with Crippen LogP contribution in [-0.2, 0) is 6.42 Å². The smallest absolute Gasteiger partial charge is 0.0939 e. The molecule has 0 spiro atoms. The highest BCUT2D eigenvalue weighted by atomic mass is 32.1. The molecule has 0 bridgehead atoms. The number of nitrogens with two attached hydrogens (primary N) is 1. The molecule has 0 radical (unpaired) electrons. The van der Waals surface area contributed by atoms with E-state index in [-0.39, 0.29) is 0 Å². The van der Waals surface area contributed by atoms with Crippen molar-refractivity contribution in [3.05, 3.63) is 28.3 Å². The largest absolute Gasteiger partial charge is 0.330 e. The zero-order valence-electron chi connectivity index (χ0n) is 9.21. The standard InChI is InChI=1S/C12H16N2S/c1-8-6-10-11(7-9(8)2)15-12(14-10)4-3-5-13/h6-7H,3-5,13H2,1-2H3. The summed E-state index contributed by atoms with van der Waals surface area (Å²) >= 11 is 1.79. The van der Waals surface area contributed by atoms with Gasteiger partial charge in [-0.3, -0.25) is 0 Å². The van der Waals surface area contributed by atoms with Gasteiger partial charge in [-0.05, 0) is 50.1 Å². The first-order valence-electron chi connectivity index (χ1n) is 5.27. The molecule has 2 N–H and O–H groups in total. The maximum atomic E-state index is 5.50. The Kier molecular flexibility index (Phi) is 3.03. The molecule has 0 fully saturated rings. The third-order valence-electron chi connectivity index (χ3n) is 2.64. The summed E-state index contributed by atoms with van der Waals surface area (Å²) in [7, 11) is 0. The zero-order valence-corrected chi connectivity index (χ0v) is 10.0. The predicted molar refractivity (Wildman–Crippen MR) is 66.5 cm³/mol. The van der Waals surface area contributed by atoms with Crippen LogP contribution < -0.4 is 5.73 Å². The highest BCUT2D eigenvalue weighted by molar-refractivity contribution is 7.18. The molecule has 0 saturated heterocycles. The number of fused-ring (bicyclic) bond motifs is 1. The van der Waals surface area contributed by atoms with Crippen LogP contribution in [0.5, 0.6) is 0 Å². The van der Waals surface area contributed by atoms with Gasteiger partial charge < -0.3 is 5.73 Å². The SMILES string of the molecule is Cc1cc2nc(CCCN)sc2cc1C. The van der Waals surface area contributed by atoms with Crippen LogP contribution in [0.15, 0.2) is 12.1 Å². The van der Waals surface area contributed by atoms with Gasteiger partial charge in [-0.2, -0.15) is 0 Å². The lowest BCUT2D eigenvalue weighted by Crippen LogP contribution is -1.99. The molecule has 0 aliphatic heterocycles. The van der Waals surface area contributed by atoms with Crippen molar-refractivity contribution in [1.29, 1.82) is 0 Å². The van der Waals surface area contributed by atoms with Crippen LogP contribution in [0.25, 0.3) is 10.2 Å². The quantitative estimate of drug-likeness (QED) is 0.864. The van der Waals surface area contributed by atoms with Gasteiger partial charge in [0.15, 0.2) is 0 Å². The van der Waals surface area contributed by atoms with E-state index in [4.69, 9.17) is 5.73 Å². The molecule has 1 aromatic carbocycles. The molecule has 0 atom stereocenters. The fourth-order valence-corrected chi connectivity index (χ4v) is 2.68. The number of thiazole rings is 1. The molecule has 1 aromatic heterocycles. The van der Waals surface area contributed by atoms with E-state index in [0.29, 0.717) is 0 Å². The first-order chi connectivity index (χ1) is 7.20. The molecule has 0 amide bonds. The summed E-state index contributed by atoms with van der Waals surface area (Å²) < 4.78 is 1.30. The van der Waals surface area contributed by atoms with Crippen LogP contribution in [0, 0.1) is 13.8 Å². The van der Waals surface area contributed by atoms with Crippen LogP contribution in [0.2, 0.25) is 0 Å². The molecule has 0 aliphatic carbocycles. The van der Waals surface area contributed by atoms with Gasteiger partial charge in [-0.25, -0.2) is 4.98 Å². The molecule has 2 aromatic rings. The molecule has 1 heterocycles. The first kappa shape index (κ1) is 10.6.